The molecule has 2 rings (SSSR count). The van der Waals surface area contributed by atoms with E-state index in [1.165, 1.54) is 18.7 Å². The maximum Gasteiger partial charge on any atom is 0.214 e. The highest BCUT2D eigenvalue weighted by Gasteiger charge is 2.18. The number of hydrogen-bond acceptors (Lipinski definition) is 2. The van der Waals surface area contributed by atoms with Gasteiger partial charge in [0.05, 0.1) is 0 Å². The second-order valence-corrected chi connectivity index (χ2v) is 3.68. The third-order valence-electron chi connectivity index (χ3n) is 2.50. The Morgan fingerprint density at radius 2 is 2.46 bits per heavy atom. The molecule has 1 fully saturated rings. The van der Waals surface area contributed by atoms with Crippen molar-refractivity contribution in [1.29, 1.82) is 0 Å². The summed E-state index contributed by atoms with van der Waals surface area (Å²) in [6.07, 6.45) is 2.72. The minimum absolute atomic E-state index is 0.392. The molecule has 1 unspecified atom stereocenters. The Kier molecular flexibility index (Phi) is 2.17. The number of rotatable bonds is 1. The molecule has 0 spiro atoms. The van der Waals surface area contributed by atoms with Crippen LogP contribution in [0.15, 0.2) is 18.3 Å². The van der Waals surface area contributed by atoms with Gasteiger partial charge in [0.25, 0.3) is 0 Å². The second-order valence-electron chi connectivity index (χ2n) is 3.68. The number of hydrogen-bond donors (Lipinski definition) is 0. The van der Waals surface area contributed by atoms with Gasteiger partial charge in [-0.05, 0) is 18.4 Å². The molecule has 1 saturated heterocycles. The van der Waals surface area contributed by atoms with Crippen LogP contribution in [0.25, 0.3) is 0 Å². The van der Waals surface area contributed by atoms with Crippen LogP contribution in [0.4, 0.5) is 10.1 Å². The van der Waals surface area contributed by atoms with Gasteiger partial charge >= 0.3 is 0 Å². The fourth-order valence-electron chi connectivity index (χ4n) is 1.76. The predicted molar refractivity (Wildman–Crippen MR) is 50.2 cm³/mol. The second kappa shape index (κ2) is 3.32. The Balaban J connectivity index is 2.16. The quantitative estimate of drug-likeness (QED) is 0.615. The molecule has 0 radical (unpaired) electrons. The van der Waals surface area contributed by atoms with Crippen molar-refractivity contribution < 1.29 is 4.39 Å². The molecule has 1 atom stereocenters. The highest BCUT2D eigenvalue weighted by molar-refractivity contribution is 5.45. The molecule has 13 heavy (non-hydrogen) atoms. The highest BCUT2D eigenvalue weighted by Crippen LogP contribution is 2.22. The SMILES string of the molecule is CC1CCN(c2ccnc(F)c2)C1. The van der Waals surface area contributed by atoms with Crippen LogP contribution in [0.1, 0.15) is 13.3 Å². The summed E-state index contributed by atoms with van der Waals surface area (Å²) in [5.41, 5.74) is 0.955. The molecule has 0 aromatic carbocycles. The highest BCUT2D eigenvalue weighted by atomic mass is 19.1. The summed E-state index contributed by atoms with van der Waals surface area (Å²) in [6, 6.07) is 3.36. The van der Waals surface area contributed by atoms with E-state index in [9.17, 15) is 4.39 Å². The summed E-state index contributed by atoms with van der Waals surface area (Å²) in [5, 5.41) is 0. The van der Waals surface area contributed by atoms with Gasteiger partial charge in [-0.3, -0.25) is 0 Å². The van der Waals surface area contributed by atoms with Crippen molar-refractivity contribution in [3.63, 3.8) is 0 Å². The molecule has 2 heterocycles. The van der Waals surface area contributed by atoms with Crippen LogP contribution >= 0.6 is 0 Å². The average Bonchev–Trinajstić information content (AvgIpc) is 2.52. The van der Waals surface area contributed by atoms with Crippen molar-refractivity contribution in [2.45, 2.75) is 13.3 Å². The summed E-state index contributed by atoms with van der Waals surface area (Å²) in [5.74, 6) is 0.327. The Morgan fingerprint density at radius 3 is 3.08 bits per heavy atom. The van der Waals surface area contributed by atoms with Crippen molar-refractivity contribution in [2.75, 3.05) is 18.0 Å². The lowest BCUT2D eigenvalue weighted by atomic mass is 10.2. The van der Waals surface area contributed by atoms with E-state index >= 15 is 0 Å². The lowest BCUT2D eigenvalue weighted by molar-refractivity contribution is 0.583. The van der Waals surface area contributed by atoms with Gasteiger partial charge in [0.15, 0.2) is 0 Å². The first-order valence-electron chi connectivity index (χ1n) is 4.62. The first-order chi connectivity index (χ1) is 6.25. The van der Waals surface area contributed by atoms with E-state index in [0.717, 1.165) is 24.7 Å². The summed E-state index contributed by atoms with van der Waals surface area (Å²) in [7, 11) is 0. The van der Waals surface area contributed by atoms with Crippen molar-refractivity contribution in [1.82, 2.24) is 4.98 Å². The van der Waals surface area contributed by atoms with Crippen LogP contribution in [-0.2, 0) is 0 Å². The zero-order valence-corrected chi connectivity index (χ0v) is 7.70. The lowest BCUT2D eigenvalue weighted by Gasteiger charge is -2.17. The molecule has 1 aromatic heterocycles. The van der Waals surface area contributed by atoms with Gasteiger partial charge in [-0.25, -0.2) is 4.98 Å². The number of aromatic nitrogens is 1. The van der Waals surface area contributed by atoms with E-state index in [0.29, 0.717) is 0 Å². The number of nitrogens with zero attached hydrogens (tertiary/aromatic N) is 2. The molecule has 1 aromatic rings. The number of halogens is 1. The van der Waals surface area contributed by atoms with E-state index in [2.05, 4.69) is 16.8 Å². The molecular formula is C10H13FN2. The summed E-state index contributed by atoms with van der Waals surface area (Å²) < 4.78 is 12.8. The number of pyridine rings is 1. The van der Waals surface area contributed by atoms with Gasteiger partial charge in [-0.2, -0.15) is 4.39 Å². The maximum atomic E-state index is 12.8. The maximum absolute atomic E-state index is 12.8. The minimum atomic E-state index is -0.392. The fraction of sp³-hybridized carbons (Fsp3) is 0.500. The summed E-state index contributed by atoms with van der Waals surface area (Å²) >= 11 is 0. The average molecular weight is 180 g/mol. The third kappa shape index (κ3) is 1.79. The van der Waals surface area contributed by atoms with E-state index in [1.807, 2.05) is 6.07 Å². The molecule has 1 aliphatic heterocycles. The lowest BCUT2D eigenvalue weighted by Crippen LogP contribution is -2.19. The Hall–Kier alpha value is -1.12. The Labute approximate surface area is 77.4 Å². The van der Waals surface area contributed by atoms with Gasteiger partial charge in [-0.1, -0.05) is 6.92 Å². The topological polar surface area (TPSA) is 16.1 Å². The molecule has 1 aliphatic rings. The van der Waals surface area contributed by atoms with E-state index in [4.69, 9.17) is 0 Å². The third-order valence-corrected chi connectivity index (χ3v) is 2.50. The number of anilines is 1. The van der Waals surface area contributed by atoms with Crippen LogP contribution < -0.4 is 4.90 Å². The molecule has 2 nitrogen and oxygen atoms in total. The van der Waals surface area contributed by atoms with Gasteiger partial charge in [0.1, 0.15) is 0 Å². The van der Waals surface area contributed by atoms with Gasteiger partial charge in [-0.15, -0.1) is 0 Å². The fourth-order valence-corrected chi connectivity index (χ4v) is 1.76. The van der Waals surface area contributed by atoms with Crippen molar-refractivity contribution in [2.24, 2.45) is 5.92 Å². The van der Waals surface area contributed by atoms with Crippen LogP contribution in [0, 0.1) is 11.9 Å². The molecule has 70 valence electrons. The van der Waals surface area contributed by atoms with E-state index in [-0.39, 0.29) is 0 Å². The van der Waals surface area contributed by atoms with Crippen LogP contribution in [0.2, 0.25) is 0 Å². The zero-order chi connectivity index (χ0) is 9.26. The monoisotopic (exact) mass is 180 g/mol. The van der Waals surface area contributed by atoms with Crippen LogP contribution in [0.5, 0.6) is 0 Å². The smallest absolute Gasteiger partial charge is 0.214 e. The first kappa shape index (κ1) is 8.48. The van der Waals surface area contributed by atoms with E-state index < -0.39 is 5.95 Å². The Bertz CT molecular complexity index is 301. The molecule has 0 aliphatic carbocycles. The molecule has 0 N–H and O–H groups in total. The summed E-state index contributed by atoms with van der Waals surface area (Å²) in [6.45, 7) is 4.28. The normalized spacial score (nSPS) is 22.3. The molecule has 0 bridgehead atoms. The van der Waals surface area contributed by atoms with Crippen LogP contribution in [0.3, 0.4) is 0 Å². The van der Waals surface area contributed by atoms with Crippen LogP contribution in [-0.4, -0.2) is 18.1 Å². The van der Waals surface area contributed by atoms with Gasteiger partial charge in [0, 0.05) is 31.0 Å². The van der Waals surface area contributed by atoms with Gasteiger partial charge in [0.2, 0.25) is 5.95 Å². The van der Waals surface area contributed by atoms with Crippen molar-refractivity contribution in [3.05, 3.63) is 24.3 Å². The predicted octanol–water partition coefficient (Wildman–Crippen LogP) is 2.07. The molecule has 0 amide bonds. The molecule has 0 saturated carbocycles. The Morgan fingerprint density at radius 1 is 1.62 bits per heavy atom. The minimum Gasteiger partial charge on any atom is -0.371 e. The molecular weight excluding hydrogens is 167 g/mol. The molecule has 3 heteroatoms. The van der Waals surface area contributed by atoms with Gasteiger partial charge < -0.3 is 4.90 Å². The van der Waals surface area contributed by atoms with Crippen molar-refractivity contribution in [3.8, 4) is 0 Å². The van der Waals surface area contributed by atoms with E-state index in [1.54, 1.807) is 0 Å². The zero-order valence-electron chi connectivity index (χ0n) is 7.70. The standard InChI is InChI=1S/C10H13FN2/c1-8-3-5-13(7-8)9-2-4-12-10(11)6-9/h2,4,6,8H,3,5,7H2,1H3. The largest absolute Gasteiger partial charge is 0.371 e. The first-order valence-corrected chi connectivity index (χ1v) is 4.62. The van der Waals surface area contributed by atoms with Crippen molar-refractivity contribution >= 4 is 5.69 Å². The summed E-state index contributed by atoms with van der Waals surface area (Å²) in [4.78, 5) is 5.74.